The molecule has 0 saturated carbocycles. The zero-order valence-electron chi connectivity index (χ0n) is 9.52. The summed E-state index contributed by atoms with van der Waals surface area (Å²) in [5.74, 6) is 0.780. The lowest BCUT2D eigenvalue weighted by Gasteiger charge is -2.19. The van der Waals surface area contributed by atoms with Crippen molar-refractivity contribution in [2.24, 2.45) is 11.3 Å². The predicted octanol–water partition coefficient (Wildman–Crippen LogP) is 2.66. The number of Topliss-reactive ketones (excluding diaryl/α,β-unsaturated/α-hetero) is 1. The minimum atomic E-state index is -0.193. The van der Waals surface area contributed by atoms with E-state index in [1.807, 2.05) is 20.8 Å². The van der Waals surface area contributed by atoms with Crippen LogP contribution in [0.1, 0.15) is 40.5 Å². The number of carbonyl (C=O) groups excluding carboxylic acids is 1. The number of hydrogen-bond acceptors (Lipinski definition) is 2. The first-order valence-corrected chi connectivity index (χ1v) is 4.90. The molecule has 0 amide bonds. The first-order chi connectivity index (χ1) is 5.88. The number of ether oxygens (including phenoxy) is 1. The van der Waals surface area contributed by atoms with Crippen molar-refractivity contribution in [3.05, 3.63) is 0 Å². The molecule has 0 heterocycles. The molecular formula is C11H22O2. The average molecular weight is 186 g/mol. The molecule has 2 nitrogen and oxygen atoms in total. The highest BCUT2D eigenvalue weighted by Gasteiger charge is 2.22. The highest BCUT2D eigenvalue weighted by Crippen LogP contribution is 2.20. The maximum absolute atomic E-state index is 11.6. The smallest absolute Gasteiger partial charge is 0.138 e. The Morgan fingerprint density at radius 3 is 2.31 bits per heavy atom. The fraction of sp³-hybridized carbons (Fsp3) is 0.909. The lowest BCUT2D eigenvalue weighted by Crippen LogP contribution is -2.22. The normalized spacial score (nSPS) is 14.2. The summed E-state index contributed by atoms with van der Waals surface area (Å²) in [5.41, 5.74) is -0.193. The van der Waals surface area contributed by atoms with Gasteiger partial charge in [-0.2, -0.15) is 0 Å². The van der Waals surface area contributed by atoms with Gasteiger partial charge in [0.2, 0.25) is 0 Å². The lowest BCUT2D eigenvalue weighted by atomic mass is 9.85. The van der Waals surface area contributed by atoms with E-state index >= 15 is 0 Å². The fourth-order valence-corrected chi connectivity index (χ4v) is 1.04. The summed E-state index contributed by atoms with van der Waals surface area (Å²) >= 11 is 0. The van der Waals surface area contributed by atoms with Gasteiger partial charge in [0, 0.05) is 25.6 Å². The molecule has 0 aliphatic carbocycles. The van der Waals surface area contributed by atoms with E-state index in [4.69, 9.17) is 4.74 Å². The number of methoxy groups -OCH3 is 1. The molecule has 0 N–H and O–H groups in total. The van der Waals surface area contributed by atoms with Gasteiger partial charge in [0.05, 0.1) is 0 Å². The van der Waals surface area contributed by atoms with Gasteiger partial charge in [0.25, 0.3) is 0 Å². The minimum Gasteiger partial charge on any atom is -0.385 e. The Morgan fingerprint density at radius 2 is 1.92 bits per heavy atom. The number of ketones is 1. The van der Waals surface area contributed by atoms with Gasteiger partial charge in [-0.1, -0.05) is 27.7 Å². The van der Waals surface area contributed by atoms with Gasteiger partial charge < -0.3 is 4.74 Å². The fourth-order valence-electron chi connectivity index (χ4n) is 1.04. The highest BCUT2D eigenvalue weighted by molar-refractivity contribution is 5.83. The zero-order chi connectivity index (χ0) is 10.5. The third kappa shape index (κ3) is 5.81. The molecule has 0 aliphatic rings. The van der Waals surface area contributed by atoms with Gasteiger partial charge in [-0.25, -0.2) is 0 Å². The molecule has 13 heavy (non-hydrogen) atoms. The van der Waals surface area contributed by atoms with Crippen LogP contribution >= 0.6 is 0 Å². The molecule has 0 aromatic rings. The second kappa shape index (κ2) is 5.38. The largest absolute Gasteiger partial charge is 0.385 e. The van der Waals surface area contributed by atoms with E-state index in [-0.39, 0.29) is 5.41 Å². The first kappa shape index (κ1) is 12.6. The van der Waals surface area contributed by atoms with Crippen LogP contribution in [0, 0.1) is 11.3 Å². The van der Waals surface area contributed by atoms with E-state index < -0.39 is 0 Å². The van der Waals surface area contributed by atoms with Crippen LogP contribution in [-0.4, -0.2) is 19.5 Å². The van der Waals surface area contributed by atoms with Crippen LogP contribution in [0.3, 0.4) is 0 Å². The Hall–Kier alpha value is -0.370. The minimum absolute atomic E-state index is 0.193. The highest BCUT2D eigenvalue weighted by atomic mass is 16.5. The monoisotopic (exact) mass is 186 g/mol. The van der Waals surface area contributed by atoms with Crippen molar-refractivity contribution in [1.82, 2.24) is 0 Å². The van der Waals surface area contributed by atoms with Crippen molar-refractivity contribution in [2.75, 3.05) is 13.7 Å². The van der Waals surface area contributed by atoms with Crippen molar-refractivity contribution in [2.45, 2.75) is 40.5 Å². The Morgan fingerprint density at radius 1 is 1.38 bits per heavy atom. The summed E-state index contributed by atoms with van der Waals surface area (Å²) in [6, 6.07) is 0. The van der Waals surface area contributed by atoms with Crippen LogP contribution in [0.15, 0.2) is 0 Å². The second-order valence-electron chi connectivity index (χ2n) is 4.76. The van der Waals surface area contributed by atoms with E-state index in [9.17, 15) is 4.79 Å². The van der Waals surface area contributed by atoms with Crippen LogP contribution in [0.4, 0.5) is 0 Å². The topological polar surface area (TPSA) is 26.3 Å². The quantitative estimate of drug-likeness (QED) is 0.660. The van der Waals surface area contributed by atoms with Crippen molar-refractivity contribution in [3.8, 4) is 0 Å². The van der Waals surface area contributed by atoms with Crippen molar-refractivity contribution >= 4 is 5.78 Å². The molecule has 0 radical (unpaired) electrons. The zero-order valence-corrected chi connectivity index (χ0v) is 9.52. The predicted molar refractivity (Wildman–Crippen MR) is 54.7 cm³/mol. The molecule has 0 bridgehead atoms. The summed E-state index contributed by atoms with van der Waals surface area (Å²) < 4.78 is 4.97. The number of hydrogen-bond donors (Lipinski definition) is 0. The number of rotatable bonds is 5. The molecule has 0 spiro atoms. The van der Waals surface area contributed by atoms with Gasteiger partial charge >= 0.3 is 0 Å². The van der Waals surface area contributed by atoms with Gasteiger partial charge in [0.1, 0.15) is 5.78 Å². The lowest BCUT2D eigenvalue weighted by molar-refractivity contribution is -0.127. The van der Waals surface area contributed by atoms with Crippen LogP contribution in [-0.2, 0) is 9.53 Å². The maximum Gasteiger partial charge on any atom is 0.138 e. The Balaban J connectivity index is 3.79. The molecular weight excluding hydrogens is 164 g/mol. The number of carbonyl (C=O) groups is 1. The summed E-state index contributed by atoms with van der Waals surface area (Å²) in [6.45, 7) is 8.76. The van der Waals surface area contributed by atoms with Gasteiger partial charge in [0.15, 0.2) is 0 Å². The SMILES string of the molecule is COCCC(C)CC(=O)C(C)(C)C. The van der Waals surface area contributed by atoms with E-state index in [0.29, 0.717) is 18.1 Å². The summed E-state index contributed by atoms with van der Waals surface area (Å²) in [5, 5.41) is 0. The van der Waals surface area contributed by atoms with E-state index in [1.54, 1.807) is 7.11 Å². The molecule has 0 aromatic heterocycles. The third-order valence-electron chi connectivity index (χ3n) is 2.19. The van der Waals surface area contributed by atoms with Crippen molar-refractivity contribution < 1.29 is 9.53 Å². The average Bonchev–Trinajstić information content (AvgIpc) is 1.99. The van der Waals surface area contributed by atoms with Crippen LogP contribution in [0.25, 0.3) is 0 Å². The van der Waals surface area contributed by atoms with Crippen LogP contribution < -0.4 is 0 Å². The maximum atomic E-state index is 11.6. The molecule has 0 rings (SSSR count). The third-order valence-corrected chi connectivity index (χ3v) is 2.19. The molecule has 0 aliphatic heterocycles. The molecule has 1 atom stereocenters. The Labute approximate surface area is 81.7 Å². The van der Waals surface area contributed by atoms with Crippen LogP contribution in [0.2, 0.25) is 0 Å². The summed E-state index contributed by atoms with van der Waals surface area (Å²) in [4.78, 5) is 11.6. The van der Waals surface area contributed by atoms with E-state index in [2.05, 4.69) is 6.92 Å². The molecule has 1 unspecified atom stereocenters. The van der Waals surface area contributed by atoms with E-state index in [0.717, 1.165) is 13.0 Å². The van der Waals surface area contributed by atoms with E-state index in [1.165, 1.54) is 0 Å². The molecule has 2 heteroatoms. The molecule has 0 aromatic carbocycles. The molecule has 0 fully saturated rings. The standard InChI is InChI=1S/C11H22O2/c1-9(6-7-13-5)8-10(12)11(2,3)4/h9H,6-8H2,1-5H3. The van der Waals surface area contributed by atoms with Gasteiger partial charge in [-0.15, -0.1) is 0 Å². The molecule has 0 saturated heterocycles. The first-order valence-electron chi connectivity index (χ1n) is 4.90. The summed E-state index contributed by atoms with van der Waals surface area (Å²) in [6.07, 6.45) is 1.64. The van der Waals surface area contributed by atoms with Crippen molar-refractivity contribution in [3.63, 3.8) is 0 Å². The van der Waals surface area contributed by atoms with Gasteiger partial charge in [-0.3, -0.25) is 4.79 Å². The molecule has 78 valence electrons. The van der Waals surface area contributed by atoms with Gasteiger partial charge in [-0.05, 0) is 12.3 Å². The van der Waals surface area contributed by atoms with Crippen molar-refractivity contribution in [1.29, 1.82) is 0 Å². The second-order valence-corrected chi connectivity index (χ2v) is 4.76. The Bertz CT molecular complexity index is 156. The van der Waals surface area contributed by atoms with Crippen LogP contribution in [0.5, 0.6) is 0 Å². The Kier molecular flexibility index (Phi) is 5.23. The summed E-state index contributed by atoms with van der Waals surface area (Å²) in [7, 11) is 1.69.